The number of benzene rings is 2. The molecule has 4 nitrogen and oxygen atoms in total. The van der Waals surface area contributed by atoms with Gasteiger partial charge in [0.1, 0.15) is 17.3 Å². The van der Waals surface area contributed by atoms with E-state index in [9.17, 15) is 4.79 Å². The Labute approximate surface area is 160 Å². The third-order valence-corrected chi connectivity index (χ3v) is 6.12. The van der Waals surface area contributed by atoms with Crippen LogP contribution >= 0.6 is 0 Å². The number of nitrogens with one attached hydrogen (secondary N) is 1. The number of carbonyl (C=O) groups excluding carboxylic acids is 1. The fourth-order valence-electron chi connectivity index (χ4n) is 4.84. The number of carbonyl (C=O) groups is 1. The lowest BCUT2D eigenvalue weighted by atomic mass is 9.73. The van der Waals surface area contributed by atoms with Gasteiger partial charge in [-0.3, -0.25) is 4.79 Å². The van der Waals surface area contributed by atoms with E-state index in [0.29, 0.717) is 5.78 Å². The molecule has 2 bridgehead atoms. The number of hydrogen-bond donors (Lipinski definition) is 1. The number of ether oxygens (including phenoxy) is 2. The van der Waals surface area contributed by atoms with Crippen molar-refractivity contribution in [2.75, 3.05) is 14.2 Å². The minimum absolute atomic E-state index is 0.000225. The normalized spacial score (nSPS) is 27.7. The summed E-state index contributed by atoms with van der Waals surface area (Å²) in [4.78, 5) is 13.5. The Bertz CT molecular complexity index is 753. The summed E-state index contributed by atoms with van der Waals surface area (Å²) in [5, 5.41) is 3.83. The third kappa shape index (κ3) is 3.23. The summed E-state index contributed by atoms with van der Waals surface area (Å²) in [6.07, 6.45) is 4.06. The summed E-state index contributed by atoms with van der Waals surface area (Å²) in [7, 11) is 3.38. The maximum absolute atomic E-state index is 13.5. The van der Waals surface area contributed by atoms with Gasteiger partial charge in [0.25, 0.3) is 0 Å². The van der Waals surface area contributed by atoms with Gasteiger partial charge in [0, 0.05) is 35.0 Å². The molecule has 0 aromatic heterocycles. The van der Waals surface area contributed by atoms with E-state index in [1.165, 1.54) is 0 Å². The summed E-state index contributed by atoms with van der Waals surface area (Å²) in [6.45, 7) is 0. The van der Waals surface area contributed by atoms with Crippen molar-refractivity contribution in [3.8, 4) is 11.5 Å². The van der Waals surface area contributed by atoms with Crippen LogP contribution in [0.1, 0.15) is 48.9 Å². The molecule has 1 aliphatic heterocycles. The van der Waals surface area contributed by atoms with E-state index in [0.717, 1.165) is 48.3 Å². The Kier molecular flexibility index (Phi) is 5.17. The molecular weight excluding hydrogens is 338 g/mol. The largest absolute Gasteiger partial charge is 0.496 e. The summed E-state index contributed by atoms with van der Waals surface area (Å²) >= 11 is 0. The number of para-hydroxylation sites is 2. The Morgan fingerprint density at radius 2 is 1.22 bits per heavy atom. The van der Waals surface area contributed by atoms with Crippen molar-refractivity contribution in [2.24, 2.45) is 11.8 Å². The summed E-state index contributed by atoms with van der Waals surface area (Å²) in [6, 6.07) is 16.0. The van der Waals surface area contributed by atoms with Crippen LogP contribution in [0, 0.1) is 11.8 Å². The zero-order chi connectivity index (χ0) is 18.8. The number of piperidine rings is 1. The molecule has 0 unspecified atom stereocenters. The highest BCUT2D eigenvalue weighted by Gasteiger charge is 2.46. The summed E-state index contributed by atoms with van der Waals surface area (Å²) in [5.41, 5.74) is 2.14. The molecule has 0 amide bonds. The second kappa shape index (κ2) is 7.73. The molecule has 0 spiro atoms. The standard InChI is InChI=1S/C23H27NO3/c1-26-19-13-7-5-9-15(19)21-17-11-3-4-12-18(23(17)25)22(24-21)16-10-6-8-14-20(16)27-2/h5-10,13-14,17-18,21-22,24H,3-4,11-12H2,1-2H3/t17-,18-,21+,22+/m1/s1. The van der Waals surface area contributed by atoms with E-state index in [2.05, 4.69) is 17.4 Å². The first-order valence-electron chi connectivity index (χ1n) is 9.80. The summed E-state index contributed by atoms with van der Waals surface area (Å²) in [5.74, 6) is 2.06. The predicted molar refractivity (Wildman–Crippen MR) is 105 cm³/mol. The molecule has 2 aromatic rings. The van der Waals surface area contributed by atoms with Crippen molar-refractivity contribution in [2.45, 2.75) is 37.8 Å². The number of hydrogen-bond acceptors (Lipinski definition) is 4. The van der Waals surface area contributed by atoms with Crippen LogP contribution < -0.4 is 14.8 Å². The van der Waals surface area contributed by atoms with Gasteiger partial charge in [-0.1, -0.05) is 49.2 Å². The first kappa shape index (κ1) is 18.1. The van der Waals surface area contributed by atoms with E-state index < -0.39 is 0 Å². The van der Waals surface area contributed by atoms with Gasteiger partial charge in [-0.05, 0) is 25.0 Å². The molecule has 1 saturated heterocycles. The molecule has 0 radical (unpaired) electrons. The van der Waals surface area contributed by atoms with Crippen LogP contribution in [0.2, 0.25) is 0 Å². The van der Waals surface area contributed by atoms with Crippen LogP contribution in [0.5, 0.6) is 11.5 Å². The van der Waals surface area contributed by atoms with E-state index in [1.807, 2.05) is 36.4 Å². The fourth-order valence-corrected chi connectivity index (χ4v) is 4.84. The maximum atomic E-state index is 13.5. The number of methoxy groups -OCH3 is 2. The molecule has 1 heterocycles. The lowest BCUT2D eigenvalue weighted by molar-refractivity contribution is -0.131. The highest BCUT2D eigenvalue weighted by molar-refractivity contribution is 5.86. The Morgan fingerprint density at radius 3 is 1.67 bits per heavy atom. The third-order valence-electron chi connectivity index (χ3n) is 6.12. The molecule has 27 heavy (non-hydrogen) atoms. The van der Waals surface area contributed by atoms with E-state index in [4.69, 9.17) is 9.47 Å². The fraction of sp³-hybridized carbons (Fsp3) is 0.435. The smallest absolute Gasteiger partial charge is 0.142 e. The second-order valence-electron chi connectivity index (χ2n) is 7.51. The van der Waals surface area contributed by atoms with E-state index in [-0.39, 0.29) is 23.9 Å². The van der Waals surface area contributed by atoms with Crippen molar-refractivity contribution in [3.63, 3.8) is 0 Å². The van der Waals surface area contributed by atoms with Crippen molar-refractivity contribution >= 4 is 5.78 Å². The van der Waals surface area contributed by atoms with Gasteiger partial charge in [-0.25, -0.2) is 0 Å². The first-order valence-corrected chi connectivity index (χ1v) is 9.80. The van der Waals surface area contributed by atoms with Gasteiger partial charge in [0.05, 0.1) is 14.2 Å². The van der Waals surface area contributed by atoms with Gasteiger partial charge < -0.3 is 14.8 Å². The van der Waals surface area contributed by atoms with Crippen molar-refractivity contribution < 1.29 is 14.3 Å². The van der Waals surface area contributed by atoms with Gasteiger partial charge in [0.15, 0.2) is 0 Å². The molecule has 2 fully saturated rings. The van der Waals surface area contributed by atoms with Crippen LogP contribution in [-0.4, -0.2) is 20.0 Å². The first-order chi connectivity index (χ1) is 13.2. The quantitative estimate of drug-likeness (QED) is 0.869. The van der Waals surface area contributed by atoms with E-state index >= 15 is 0 Å². The molecule has 2 aromatic carbocycles. The molecule has 1 N–H and O–H groups in total. The van der Waals surface area contributed by atoms with E-state index in [1.54, 1.807) is 14.2 Å². The average Bonchev–Trinajstić information content (AvgIpc) is 2.84. The molecule has 142 valence electrons. The molecule has 4 rings (SSSR count). The van der Waals surface area contributed by atoms with Crippen molar-refractivity contribution in [3.05, 3.63) is 59.7 Å². The lowest BCUT2D eigenvalue weighted by Crippen LogP contribution is -2.47. The molecule has 1 aliphatic carbocycles. The highest BCUT2D eigenvalue weighted by Crippen LogP contribution is 2.47. The molecule has 1 saturated carbocycles. The van der Waals surface area contributed by atoms with Gasteiger partial charge >= 0.3 is 0 Å². The SMILES string of the molecule is COc1ccccc1[C@@H]1N[C@@H](c2ccccc2OC)[C@H]2CCCC[C@H]1C2=O. The van der Waals surface area contributed by atoms with Crippen LogP contribution in [0.3, 0.4) is 0 Å². The van der Waals surface area contributed by atoms with Gasteiger partial charge in [-0.15, -0.1) is 0 Å². The molecule has 4 heteroatoms. The predicted octanol–water partition coefficient (Wildman–Crippen LogP) is 4.46. The van der Waals surface area contributed by atoms with Gasteiger partial charge in [-0.2, -0.15) is 0 Å². The topological polar surface area (TPSA) is 47.6 Å². The lowest BCUT2D eigenvalue weighted by Gasteiger charge is -2.41. The Hall–Kier alpha value is -2.33. The molecule has 2 aliphatic rings. The Morgan fingerprint density at radius 1 is 0.778 bits per heavy atom. The maximum Gasteiger partial charge on any atom is 0.142 e. The van der Waals surface area contributed by atoms with Crippen LogP contribution in [-0.2, 0) is 4.79 Å². The summed E-state index contributed by atoms with van der Waals surface area (Å²) < 4.78 is 11.2. The minimum Gasteiger partial charge on any atom is -0.496 e. The number of Topliss-reactive ketones (excluding diaryl/α,β-unsaturated/α-hetero) is 1. The van der Waals surface area contributed by atoms with Crippen LogP contribution in [0.15, 0.2) is 48.5 Å². The number of ketones is 1. The monoisotopic (exact) mass is 365 g/mol. The van der Waals surface area contributed by atoms with Gasteiger partial charge in [0.2, 0.25) is 0 Å². The van der Waals surface area contributed by atoms with Crippen molar-refractivity contribution in [1.82, 2.24) is 5.32 Å². The minimum atomic E-state index is -0.0436. The number of fused-ring (bicyclic) bond motifs is 2. The second-order valence-corrected chi connectivity index (χ2v) is 7.51. The van der Waals surface area contributed by atoms with Crippen LogP contribution in [0.25, 0.3) is 0 Å². The highest BCUT2D eigenvalue weighted by atomic mass is 16.5. The zero-order valence-electron chi connectivity index (χ0n) is 16.0. The number of rotatable bonds is 4. The molecular formula is C23H27NO3. The van der Waals surface area contributed by atoms with Crippen molar-refractivity contribution in [1.29, 1.82) is 0 Å². The molecule has 4 atom stereocenters. The average molecular weight is 365 g/mol. The Balaban J connectivity index is 1.80. The zero-order valence-corrected chi connectivity index (χ0v) is 16.0. The van der Waals surface area contributed by atoms with Crippen LogP contribution in [0.4, 0.5) is 0 Å².